The van der Waals surface area contributed by atoms with Crippen LogP contribution in [0.25, 0.3) is 0 Å². The first-order chi connectivity index (χ1) is 10.6. The van der Waals surface area contributed by atoms with E-state index in [-0.39, 0.29) is 5.91 Å². The molecule has 2 aromatic rings. The molecule has 114 valence electrons. The molecule has 2 rings (SSSR count). The average molecular weight is 298 g/mol. The normalized spacial score (nSPS) is 10.5. The fourth-order valence-corrected chi connectivity index (χ4v) is 1.95. The van der Waals surface area contributed by atoms with Crippen LogP contribution in [0.15, 0.2) is 47.6 Å². The molecule has 0 heterocycles. The van der Waals surface area contributed by atoms with Gasteiger partial charge in [-0.25, -0.2) is 5.43 Å². The molecule has 22 heavy (non-hydrogen) atoms. The summed E-state index contributed by atoms with van der Waals surface area (Å²) in [5, 5.41) is 3.97. The van der Waals surface area contributed by atoms with Crippen LogP contribution in [0.5, 0.6) is 11.5 Å². The quantitative estimate of drug-likeness (QED) is 0.682. The minimum Gasteiger partial charge on any atom is -0.497 e. The van der Waals surface area contributed by atoms with E-state index in [1.807, 2.05) is 19.1 Å². The summed E-state index contributed by atoms with van der Waals surface area (Å²) in [5.41, 5.74) is 4.80. The topological polar surface area (TPSA) is 59.9 Å². The number of nitrogens with one attached hydrogen (secondary N) is 1. The van der Waals surface area contributed by atoms with Crippen LogP contribution in [0.4, 0.5) is 0 Å². The van der Waals surface area contributed by atoms with Gasteiger partial charge in [0.25, 0.3) is 5.91 Å². The van der Waals surface area contributed by atoms with Crippen LogP contribution in [-0.2, 0) is 0 Å². The predicted octanol–water partition coefficient (Wildman–Crippen LogP) is 2.78. The van der Waals surface area contributed by atoms with Crippen LogP contribution in [0.1, 0.15) is 21.5 Å². The second kappa shape index (κ2) is 7.26. The summed E-state index contributed by atoms with van der Waals surface area (Å²) in [5.74, 6) is 1.07. The zero-order valence-corrected chi connectivity index (χ0v) is 12.8. The molecule has 5 nitrogen and oxygen atoms in total. The summed E-state index contributed by atoms with van der Waals surface area (Å²) < 4.78 is 10.4. The maximum absolute atomic E-state index is 12.0. The molecule has 0 atom stereocenters. The Balaban J connectivity index is 2.10. The monoisotopic (exact) mass is 298 g/mol. The first kappa shape index (κ1) is 15.6. The second-order valence-corrected chi connectivity index (χ2v) is 4.68. The number of amides is 1. The highest BCUT2D eigenvalue weighted by Gasteiger charge is 2.05. The number of aryl methyl sites for hydroxylation is 1. The Labute approximate surface area is 129 Å². The molecule has 5 heteroatoms. The minimum atomic E-state index is -0.262. The van der Waals surface area contributed by atoms with Crippen molar-refractivity contribution >= 4 is 12.1 Å². The Hall–Kier alpha value is -2.82. The summed E-state index contributed by atoms with van der Waals surface area (Å²) >= 11 is 0. The lowest BCUT2D eigenvalue weighted by molar-refractivity contribution is 0.0955. The standard InChI is InChI=1S/C17H18N2O3/c1-12-5-4-6-13(9-12)17(20)19-18-11-14-10-15(21-2)7-8-16(14)22-3/h4-11H,1-3H3,(H,19,20). The van der Waals surface area contributed by atoms with Crippen molar-refractivity contribution in [1.29, 1.82) is 0 Å². The molecule has 0 fully saturated rings. The molecule has 0 radical (unpaired) electrons. The van der Waals surface area contributed by atoms with Gasteiger partial charge in [-0.2, -0.15) is 5.10 Å². The molecule has 0 aliphatic rings. The summed E-state index contributed by atoms with van der Waals surface area (Å²) in [4.78, 5) is 12.0. The van der Waals surface area contributed by atoms with Gasteiger partial charge in [0.15, 0.2) is 0 Å². The van der Waals surface area contributed by atoms with Gasteiger partial charge in [0.1, 0.15) is 11.5 Å². The van der Waals surface area contributed by atoms with Gasteiger partial charge >= 0.3 is 0 Å². The van der Waals surface area contributed by atoms with E-state index < -0.39 is 0 Å². The van der Waals surface area contributed by atoms with E-state index in [4.69, 9.17) is 9.47 Å². The highest BCUT2D eigenvalue weighted by Crippen LogP contribution is 2.22. The first-order valence-corrected chi connectivity index (χ1v) is 6.76. The van der Waals surface area contributed by atoms with Gasteiger partial charge in [-0.15, -0.1) is 0 Å². The Morgan fingerprint density at radius 1 is 1.14 bits per heavy atom. The number of ether oxygens (including phenoxy) is 2. The Morgan fingerprint density at radius 2 is 1.95 bits per heavy atom. The van der Waals surface area contributed by atoms with E-state index in [0.29, 0.717) is 22.6 Å². The lowest BCUT2D eigenvalue weighted by Gasteiger charge is -2.06. The number of nitrogens with zero attached hydrogens (tertiary/aromatic N) is 1. The number of benzene rings is 2. The van der Waals surface area contributed by atoms with E-state index in [1.54, 1.807) is 44.6 Å². The third-order valence-corrected chi connectivity index (χ3v) is 3.09. The van der Waals surface area contributed by atoms with E-state index >= 15 is 0 Å². The van der Waals surface area contributed by atoms with Crippen LogP contribution >= 0.6 is 0 Å². The Kier molecular flexibility index (Phi) is 5.14. The number of rotatable bonds is 5. The molecule has 0 unspecified atom stereocenters. The number of carbonyl (C=O) groups is 1. The van der Waals surface area contributed by atoms with Gasteiger partial charge in [-0.05, 0) is 37.3 Å². The molecule has 1 amide bonds. The van der Waals surface area contributed by atoms with Crippen molar-refractivity contribution in [3.8, 4) is 11.5 Å². The second-order valence-electron chi connectivity index (χ2n) is 4.68. The maximum atomic E-state index is 12.0. The molecule has 0 saturated heterocycles. The minimum absolute atomic E-state index is 0.262. The highest BCUT2D eigenvalue weighted by atomic mass is 16.5. The molecule has 0 aliphatic heterocycles. The van der Waals surface area contributed by atoms with Crippen LogP contribution < -0.4 is 14.9 Å². The zero-order chi connectivity index (χ0) is 15.9. The van der Waals surface area contributed by atoms with Crippen LogP contribution in [-0.4, -0.2) is 26.3 Å². The largest absolute Gasteiger partial charge is 0.497 e. The van der Waals surface area contributed by atoms with Crippen molar-refractivity contribution in [3.63, 3.8) is 0 Å². The van der Waals surface area contributed by atoms with Crippen LogP contribution in [0.3, 0.4) is 0 Å². The summed E-state index contributed by atoms with van der Waals surface area (Å²) in [6.07, 6.45) is 1.52. The van der Waals surface area contributed by atoms with Gasteiger partial charge in [-0.1, -0.05) is 17.7 Å². The van der Waals surface area contributed by atoms with Gasteiger partial charge in [0.2, 0.25) is 0 Å². The van der Waals surface area contributed by atoms with Gasteiger partial charge in [0.05, 0.1) is 20.4 Å². The fraction of sp³-hybridized carbons (Fsp3) is 0.176. The van der Waals surface area contributed by atoms with Crippen molar-refractivity contribution in [2.75, 3.05) is 14.2 Å². The fourth-order valence-electron chi connectivity index (χ4n) is 1.95. The molecular weight excluding hydrogens is 280 g/mol. The van der Waals surface area contributed by atoms with Gasteiger partial charge < -0.3 is 9.47 Å². The molecule has 0 bridgehead atoms. The van der Waals surface area contributed by atoms with Crippen molar-refractivity contribution in [1.82, 2.24) is 5.43 Å². The predicted molar refractivity (Wildman–Crippen MR) is 85.8 cm³/mol. The number of hydrogen-bond acceptors (Lipinski definition) is 4. The SMILES string of the molecule is COc1ccc(OC)c(C=NNC(=O)c2cccc(C)c2)c1. The van der Waals surface area contributed by atoms with E-state index in [0.717, 1.165) is 5.56 Å². The maximum Gasteiger partial charge on any atom is 0.271 e. The lowest BCUT2D eigenvalue weighted by Crippen LogP contribution is -2.17. The van der Waals surface area contributed by atoms with Crippen molar-refractivity contribution in [2.45, 2.75) is 6.92 Å². The smallest absolute Gasteiger partial charge is 0.271 e. The number of hydrazone groups is 1. The average Bonchev–Trinajstić information content (AvgIpc) is 2.54. The van der Waals surface area contributed by atoms with Crippen LogP contribution in [0.2, 0.25) is 0 Å². The van der Waals surface area contributed by atoms with E-state index in [2.05, 4.69) is 10.5 Å². The molecule has 1 N–H and O–H groups in total. The molecular formula is C17H18N2O3. The third kappa shape index (κ3) is 3.85. The van der Waals surface area contributed by atoms with Crippen LogP contribution in [0, 0.1) is 6.92 Å². The summed E-state index contributed by atoms with van der Waals surface area (Å²) in [6.45, 7) is 1.93. The molecule has 0 saturated carbocycles. The number of carbonyl (C=O) groups excluding carboxylic acids is 1. The Morgan fingerprint density at radius 3 is 2.64 bits per heavy atom. The van der Waals surface area contributed by atoms with Gasteiger partial charge in [0, 0.05) is 11.1 Å². The third-order valence-electron chi connectivity index (χ3n) is 3.09. The van der Waals surface area contributed by atoms with Gasteiger partial charge in [-0.3, -0.25) is 4.79 Å². The molecule has 0 aliphatic carbocycles. The lowest BCUT2D eigenvalue weighted by atomic mass is 10.1. The van der Waals surface area contributed by atoms with E-state index in [1.165, 1.54) is 6.21 Å². The van der Waals surface area contributed by atoms with Crippen molar-refractivity contribution in [3.05, 3.63) is 59.2 Å². The molecule has 2 aromatic carbocycles. The van der Waals surface area contributed by atoms with Crippen molar-refractivity contribution in [2.24, 2.45) is 5.10 Å². The molecule has 0 aromatic heterocycles. The summed E-state index contributed by atoms with van der Waals surface area (Å²) in [7, 11) is 3.16. The van der Waals surface area contributed by atoms with Crippen molar-refractivity contribution < 1.29 is 14.3 Å². The summed E-state index contributed by atoms with van der Waals surface area (Å²) in [6, 6.07) is 12.7. The number of hydrogen-bond donors (Lipinski definition) is 1. The number of methoxy groups -OCH3 is 2. The Bertz CT molecular complexity index is 696. The first-order valence-electron chi connectivity index (χ1n) is 6.76. The highest BCUT2D eigenvalue weighted by molar-refractivity contribution is 5.95. The zero-order valence-electron chi connectivity index (χ0n) is 12.8. The molecule has 0 spiro atoms. The van der Waals surface area contributed by atoms with E-state index in [9.17, 15) is 4.79 Å².